The standard InChI is InChI=1S/C7H9NO4S/c1-12-7-4-5(13(8,10)11)2-3-6(7)9/h2-4,9H,1H3,(H2,8,10,11). The van der Waals surface area contributed by atoms with Gasteiger partial charge in [-0.3, -0.25) is 0 Å². The van der Waals surface area contributed by atoms with E-state index in [9.17, 15) is 8.42 Å². The van der Waals surface area contributed by atoms with Gasteiger partial charge in [-0.1, -0.05) is 0 Å². The highest BCUT2D eigenvalue weighted by molar-refractivity contribution is 7.89. The number of phenolic OH excluding ortho intramolecular Hbond substituents is 1. The van der Waals surface area contributed by atoms with E-state index in [-0.39, 0.29) is 16.4 Å². The van der Waals surface area contributed by atoms with Gasteiger partial charge in [0.15, 0.2) is 11.5 Å². The molecular formula is C7H9NO4S. The number of sulfonamides is 1. The molecule has 0 unspecified atom stereocenters. The lowest BCUT2D eigenvalue weighted by molar-refractivity contribution is 0.372. The monoisotopic (exact) mass is 203 g/mol. The van der Waals surface area contributed by atoms with Crippen LogP contribution < -0.4 is 9.88 Å². The highest BCUT2D eigenvalue weighted by Crippen LogP contribution is 2.27. The number of hydrogen-bond acceptors (Lipinski definition) is 4. The molecule has 0 aromatic heterocycles. The zero-order valence-corrected chi connectivity index (χ0v) is 7.71. The first-order chi connectivity index (χ1) is 5.95. The number of benzene rings is 1. The molecule has 6 heteroatoms. The Morgan fingerprint density at radius 1 is 1.46 bits per heavy atom. The molecule has 0 saturated carbocycles. The summed E-state index contributed by atoms with van der Waals surface area (Å²) in [4.78, 5) is -0.0952. The van der Waals surface area contributed by atoms with E-state index in [2.05, 4.69) is 0 Å². The van der Waals surface area contributed by atoms with Crippen molar-refractivity contribution in [2.75, 3.05) is 7.11 Å². The van der Waals surface area contributed by atoms with Gasteiger partial charge in [0.2, 0.25) is 10.0 Å². The van der Waals surface area contributed by atoms with E-state index >= 15 is 0 Å². The summed E-state index contributed by atoms with van der Waals surface area (Å²) < 4.78 is 26.4. The van der Waals surface area contributed by atoms with E-state index in [1.165, 1.54) is 19.2 Å². The van der Waals surface area contributed by atoms with Crippen LogP contribution in [0.4, 0.5) is 0 Å². The van der Waals surface area contributed by atoms with Crippen LogP contribution in [0.3, 0.4) is 0 Å². The Bertz CT molecular complexity index is 413. The summed E-state index contributed by atoms with van der Waals surface area (Å²) >= 11 is 0. The van der Waals surface area contributed by atoms with Crippen molar-refractivity contribution in [2.45, 2.75) is 4.90 Å². The maximum Gasteiger partial charge on any atom is 0.238 e. The average molecular weight is 203 g/mol. The number of aromatic hydroxyl groups is 1. The van der Waals surface area contributed by atoms with E-state index in [0.717, 1.165) is 6.07 Å². The normalized spacial score (nSPS) is 11.2. The van der Waals surface area contributed by atoms with Gasteiger partial charge in [0.1, 0.15) is 0 Å². The maximum atomic E-state index is 10.9. The van der Waals surface area contributed by atoms with E-state index in [1.54, 1.807) is 0 Å². The summed E-state index contributed by atoms with van der Waals surface area (Å²) in [6, 6.07) is 3.57. The molecule has 0 spiro atoms. The van der Waals surface area contributed by atoms with Crippen molar-refractivity contribution in [1.29, 1.82) is 0 Å². The predicted molar refractivity (Wildman–Crippen MR) is 46.0 cm³/mol. The second-order valence-electron chi connectivity index (χ2n) is 2.38. The van der Waals surface area contributed by atoms with Crippen molar-refractivity contribution in [1.82, 2.24) is 0 Å². The number of methoxy groups -OCH3 is 1. The van der Waals surface area contributed by atoms with E-state index in [4.69, 9.17) is 15.0 Å². The first kappa shape index (κ1) is 9.82. The Hall–Kier alpha value is -1.27. The molecule has 13 heavy (non-hydrogen) atoms. The third-order valence-corrected chi connectivity index (χ3v) is 2.39. The Morgan fingerprint density at radius 3 is 2.54 bits per heavy atom. The molecule has 0 aliphatic heterocycles. The van der Waals surface area contributed by atoms with E-state index in [1.807, 2.05) is 0 Å². The summed E-state index contributed by atoms with van der Waals surface area (Å²) in [6.07, 6.45) is 0. The third kappa shape index (κ3) is 2.10. The van der Waals surface area contributed by atoms with Crippen molar-refractivity contribution < 1.29 is 18.3 Å². The second-order valence-corrected chi connectivity index (χ2v) is 3.94. The quantitative estimate of drug-likeness (QED) is 0.710. The van der Waals surface area contributed by atoms with Crippen LogP contribution in [0.1, 0.15) is 0 Å². The van der Waals surface area contributed by atoms with E-state index < -0.39 is 10.0 Å². The van der Waals surface area contributed by atoms with Crippen molar-refractivity contribution in [2.24, 2.45) is 5.14 Å². The lowest BCUT2D eigenvalue weighted by Gasteiger charge is -2.04. The number of ether oxygens (including phenoxy) is 1. The topological polar surface area (TPSA) is 89.6 Å². The first-order valence-electron chi connectivity index (χ1n) is 3.35. The third-order valence-electron chi connectivity index (χ3n) is 1.48. The van der Waals surface area contributed by atoms with Crippen molar-refractivity contribution in [3.05, 3.63) is 18.2 Å². The molecule has 0 bridgehead atoms. The van der Waals surface area contributed by atoms with Gasteiger partial charge < -0.3 is 9.84 Å². The minimum absolute atomic E-state index is 0.0755. The van der Waals surface area contributed by atoms with Crippen LogP contribution in [-0.2, 0) is 10.0 Å². The molecule has 0 saturated heterocycles. The largest absolute Gasteiger partial charge is 0.504 e. The second kappa shape index (κ2) is 3.23. The molecule has 1 rings (SSSR count). The number of phenols is 1. The minimum Gasteiger partial charge on any atom is -0.504 e. The molecule has 5 nitrogen and oxygen atoms in total. The first-order valence-corrected chi connectivity index (χ1v) is 4.89. The Morgan fingerprint density at radius 2 is 2.08 bits per heavy atom. The van der Waals surface area contributed by atoms with Gasteiger partial charge in [-0.2, -0.15) is 0 Å². The number of hydrogen-bond donors (Lipinski definition) is 2. The smallest absolute Gasteiger partial charge is 0.238 e. The Kier molecular flexibility index (Phi) is 2.44. The van der Waals surface area contributed by atoms with Crippen LogP contribution in [-0.4, -0.2) is 20.6 Å². The maximum absolute atomic E-state index is 10.9. The molecule has 0 amide bonds. The summed E-state index contributed by atoms with van der Waals surface area (Å²) in [5.41, 5.74) is 0. The summed E-state index contributed by atoms with van der Waals surface area (Å²) in [5.74, 6) is -0.0542. The molecule has 72 valence electrons. The van der Waals surface area contributed by atoms with Gasteiger partial charge >= 0.3 is 0 Å². The van der Waals surface area contributed by atoms with Crippen molar-refractivity contribution in [3.8, 4) is 11.5 Å². The Labute approximate surface area is 75.8 Å². The summed E-state index contributed by atoms with van der Waals surface area (Å²) in [6.45, 7) is 0. The highest BCUT2D eigenvalue weighted by atomic mass is 32.2. The van der Waals surface area contributed by atoms with Crippen LogP contribution in [0.5, 0.6) is 11.5 Å². The Balaban J connectivity index is 3.30. The van der Waals surface area contributed by atoms with Gasteiger partial charge in [-0.25, -0.2) is 13.6 Å². The molecule has 0 atom stereocenters. The fraction of sp³-hybridized carbons (Fsp3) is 0.143. The zero-order valence-electron chi connectivity index (χ0n) is 6.89. The van der Waals surface area contributed by atoms with Crippen LogP contribution in [0.2, 0.25) is 0 Å². The molecule has 1 aromatic carbocycles. The molecule has 0 aliphatic carbocycles. The van der Waals surface area contributed by atoms with Gasteiger partial charge in [0.05, 0.1) is 12.0 Å². The summed E-state index contributed by atoms with van der Waals surface area (Å²) in [7, 11) is -2.42. The van der Waals surface area contributed by atoms with Crippen LogP contribution >= 0.6 is 0 Å². The molecule has 3 N–H and O–H groups in total. The predicted octanol–water partition coefficient (Wildman–Crippen LogP) is 0.0482. The van der Waals surface area contributed by atoms with Crippen LogP contribution in [0, 0.1) is 0 Å². The molecule has 1 aromatic rings. The molecule has 0 aliphatic rings. The lowest BCUT2D eigenvalue weighted by Crippen LogP contribution is -2.11. The zero-order chi connectivity index (χ0) is 10.1. The van der Waals surface area contributed by atoms with Gasteiger partial charge in [-0.15, -0.1) is 0 Å². The van der Waals surface area contributed by atoms with Gasteiger partial charge in [0.25, 0.3) is 0 Å². The average Bonchev–Trinajstić information content (AvgIpc) is 2.03. The number of rotatable bonds is 2. The van der Waals surface area contributed by atoms with Crippen LogP contribution in [0.15, 0.2) is 23.1 Å². The highest BCUT2D eigenvalue weighted by Gasteiger charge is 2.10. The van der Waals surface area contributed by atoms with Gasteiger partial charge in [0, 0.05) is 6.07 Å². The summed E-state index contributed by atoms with van der Waals surface area (Å²) in [5, 5.41) is 14.0. The van der Waals surface area contributed by atoms with E-state index in [0.29, 0.717) is 0 Å². The van der Waals surface area contributed by atoms with Gasteiger partial charge in [-0.05, 0) is 12.1 Å². The number of nitrogens with two attached hydrogens (primary N) is 1. The van der Waals surface area contributed by atoms with Crippen molar-refractivity contribution >= 4 is 10.0 Å². The lowest BCUT2D eigenvalue weighted by atomic mass is 10.3. The molecule has 0 heterocycles. The fourth-order valence-electron chi connectivity index (χ4n) is 0.835. The minimum atomic E-state index is -3.74. The SMILES string of the molecule is COc1cc(S(N)(=O)=O)ccc1O. The fourth-order valence-corrected chi connectivity index (χ4v) is 1.36. The molecular weight excluding hydrogens is 194 g/mol. The van der Waals surface area contributed by atoms with Crippen molar-refractivity contribution in [3.63, 3.8) is 0 Å². The molecule has 0 fully saturated rings. The van der Waals surface area contributed by atoms with Crippen LogP contribution in [0.25, 0.3) is 0 Å². The molecule has 0 radical (unpaired) electrons. The number of primary sulfonamides is 1.